The zero-order valence-corrected chi connectivity index (χ0v) is 59.1. The van der Waals surface area contributed by atoms with Crippen LogP contribution in [-0.2, 0) is 52.3 Å². The highest BCUT2D eigenvalue weighted by Gasteiger charge is 2.52. The average molecular weight is 1460 g/mol. The molecule has 1 unspecified atom stereocenters. The largest absolute Gasteiger partial charge is 0.492 e. The van der Waals surface area contributed by atoms with E-state index in [9.17, 15) is 34.8 Å². The van der Waals surface area contributed by atoms with Crippen molar-refractivity contribution in [3.05, 3.63) is 62.4 Å². The third-order valence-electron chi connectivity index (χ3n) is 19.4. The molecule has 1 aromatic rings. The summed E-state index contributed by atoms with van der Waals surface area (Å²) in [6.07, 6.45) is 1.71. The lowest BCUT2D eigenvalue weighted by Gasteiger charge is -2.47. The van der Waals surface area contributed by atoms with Gasteiger partial charge in [-0.25, -0.2) is 4.79 Å². The van der Waals surface area contributed by atoms with E-state index in [0.29, 0.717) is 39.3 Å². The van der Waals surface area contributed by atoms with Crippen molar-refractivity contribution in [3.8, 4) is 17.2 Å². The highest BCUT2D eigenvalue weighted by molar-refractivity contribution is 14.1. The minimum absolute atomic E-state index is 0.0273. The number of hydroxylamine groups is 1. The maximum absolute atomic E-state index is 14.6. The van der Waals surface area contributed by atoms with Crippen LogP contribution >= 0.6 is 55.9 Å². The Morgan fingerprint density at radius 1 is 0.880 bits per heavy atom. The van der Waals surface area contributed by atoms with Gasteiger partial charge in [-0.3, -0.25) is 19.7 Å². The first kappa shape index (κ1) is 73.6. The van der Waals surface area contributed by atoms with Gasteiger partial charge in [0.25, 0.3) is 0 Å². The topological polar surface area (TPSA) is 288 Å². The van der Waals surface area contributed by atoms with Crippen LogP contribution in [0.4, 0.5) is 4.79 Å². The van der Waals surface area contributed by atoms with Crippen molar-refractivity contribution in [1.29, 1.82) is 0 Å². The van der Waals surface area contributed by atoms with E-state index in [1.807, 2.05) is 51.1 Å². The van der Waals surface area contributed by atoms with Gasteiger partial charge in [0, 0.05) is 55.0 Å². The quantitative estimate of drug-likeness (QED) is 0.0212. The lowest BCUT2D eigenvalue weighted by molar-refractivity contribution is -0.336. The molecule has 9 rings (SSSR count). The van der Waals surface area contributed by atoms with Gasteiger partial charge in [-0.05, 0) is 125 Å². The second-order valence-corrected chi connectivity index (χ2v) is 30.3. The number of aliphatic hydroxyl groups is 4. The first-order valence-corrected chi connectivity index (χ1v) is 36.4. The van der Waals surface area contributed by atoms with Crippen LogP contribution in [0.2, 0.25) is 0 Å². The second-order valence-electron chi connectivity index (χ2n) is 25.4. The number of thioether (sulfide) groups is 1. The minimum atomic E-state index is -1.44. The van der Waals surface area contributed by atoms with Crippen LogP contribution in [0, 0.1) is 27.7 Å². The van der Waals surface area contributed by atoms with Crippen LogP contribution in [-0.4, -0.2) is 206 Å². The van der Waals surface area contributed by atoms with Gasteiger partial charge in [0.15, 0.2) is 36.2 Å². The molecule has 4 heterocycles. The molecule has 6 fully saturated rings. The zero-order valence-electron chi connectivity index (χ0n) is 54.5. The lowest BCUT2D eigenvalue weighted by atomic mass is 9.66. The van der Waals surface area contributed by atoms with Crippen molar-refractivity contribution in [3.63, 3.8) is 0 Å². The van der Waals surface area contributed by atoms with Crippen molar-refractivity contribution < 1.29 is 96.5 Å². The Bertz CT molecular complexity index is 2790. The molecule has 20 atom stereocenters. The molecule has 4 saturated heterocycles. The number of Topliss-reactive ketones (excluding diaryl/α,β-unsaturated/α-hetero) is 1. The van der Waals surface area contributed by atoms with E-state index < -0.39 is 114 Å². The van der Waals surface area contributed by atoms with E-state index in [1.54, 1.807) is 40.9 Å². The average Bonchev–Trinajstić information content (AvgIpc) is 0.884. The van der Waals surface area contributed by atoms with Gasteiger partial charge < -0.3 is 82.6 Å². The van der Waals surface area contributed by atoms with Gasteiger partial charge in [0.2, 0.25) is 17.2 Å². The van der Waals surface area contributed by atoms with E-state index in [2.05, 4.69) is 47.8 Å². The van der Waals surface area contributed by atoms with Crippen LogP contribution < -0.4 is 30.3 Å². The summed E-state index contributed by atoms with van der Waals surface area (Å²) in [7, 11) is 11.0. The van der Waals surface area contributed by atoms with Crippen LogP contribution in [0.25, 0.3) is 0 Å². The number of likely N-dealkylation sites (N-methyl/N-ethyl adjacent to an activating group) is 1. The van der Waals surface area contributed by atoms with Gasteiger partial charge in [-0.2, -0.15) is 5.48 Å². The molecule has 1 amide bonds. The number of fused-ring (bicyclic) bond motifs is 1. The second kappa shape index (κ2) is 33.3. The number of ketones is 1. The van der Waals surface area contributed by atoms with E-state index in [1.165, 1.54) is 67.0 Å². The maximum Gasteiger partial charge on any atom is 0.411 e. The molecular weight excluding hydrogens is 1370 g/mol. The van der Waals surface area contributed by atoms with Crippen molar-refractivity contribution >= 4 is 72.9 Å². The SMILES string of the molecule is C=C[C@H](O[C@@H]1O[C@H](C)[C@@H](NO[C@H]2C[C@H](O)[C@H](SC(=O)c3c(C)c(I)c(O[C@@H]4O[C@@H](C)[C@H](O)[C@@H](OC)[C@H]4O)c(OC)c3OC)[C@@H](C)O2)[C@H](O)[C@H]1O[C@H]1C[C@H](OC)[C@@H](NCC)CO1)C1=C(NC(=O)OC)C(=O)C[C@@]2(C)CC/C=C\C(SSC(C3CCC3)C3CCC3)C/C=C\12. The third-order valence-corrected chi connectivity index (χ3v) is 25.6. The predicted molar refractivity (Wildman–Crippen MR) is 355 cm³/mol. The molecule has 23 nitrogen and oxygen atoms in total. The number of aliphatic hydroxyl groups excluding tert-OH is 4. The molecule has 2 saturated carbocycles. The molecule has 27 heteroatoms. The fraction of sp³-hybridized carbons (Fsp3) is 0.738. The Kier molecular flexibility index (Phi) is 26.6. The fourth-order valence-electron chi connectivity index (χ4n) is 13.7. The van der Waals surface area contributed by atoms with Gasteiger partial charge in [-0.15, -0.1) is 6.58 Å². The summed E-state index contributed by atoms with van der Waals surface area (Å²) < 4.78 is 73.7. The van der Waals surface area contributed by atoms with Crippen LogP contribution in [0.1, 0.15) is 128 Å². The number of nitrogens with one attached hydrogen (secondary N) is 3. The molecule has 516 valence electrons. The Hall–Kier alpha value is -2.63. The predicted octanol–water partition coefficient (Wildman–Crippen LogP) is 7.88. The molecule has 0 bridgehead atoms. The van der Waals surface area contributed by atoms with E-state index in [0.717, 1.165) is 35.6 Å². The number of halogens is 1. The van der Waals surface area contributed by atoms with E-state index >= 15 is 0 Å². The van der Waals surface area contributed by atoms with Crippen LogP contribution in [0.15, 0.2) is 47.7 Å². The summed E-state index contributed by atoms with van der Waals surface area (Å²) in [4.78, 5) is 48.6. The smallest absolute Gasteiger partial charge is 0.411 e. The molecule has 0 radical (unpaired) electrons. The first-order chi connectivity index (χ1) is 44.1. The van der Waals surface area contributed by atoms with E-state index in [4.69, 9.17) is 61.7 Å². The fourth-order valence-corrected chi connectivity index (χ4v) is 19.1. The molecule has 0 aromatic heterocycles. The number of ether oxygens (including phenoxy) is 12. The molecule has 92 heavy (non-hydrogen) atoms. The summed E-state index contributed by atoms with van der Waals surface area (Å²) >= 11 is 2.88. The van der Waals surface area contributed by atoms with Crippen LogP contribution in [0.5, 0.6) is 17.2 Å². The number of methoxy groups -OCH3 is 5. The molecule has 1 aromatic carbocycles. The lowest BCUT2D eigenvalue weighted by Crippen LogP contribution is -2.65. The van der Waals surface area contributed by atoms with E-state index in [-0.39, 0.29) is 77.6 Å². The van der Waals surface area contributed by atoms with Crippen molar-refractivity contribution in [2.24, 2.45) is 17.3 Å². The van der Waals surface area contributed by atoms with Gasteiger partial charge in [0.05, 0.1) is 90.6 Å². The summed E-state index contributed by atoms with van der Waals surface area (Å²) in [5, 5.41) is 51.9. The number of rotatable bonds is 25. The molecule has 0 spiro atoms. The van der Waals surface area contributed by atoms with Crippen molar-refractivity contribution in [2.45, 2.75) is 239 Å². The molecule has 8 aliphatic rings. The summed E-state index contributed by atoms with van der Waals surface area (Å²) in [5.41, 5.74) is 4.20. The van der Waals surface area contributed by atoms with Crippen molar-refractivity contribution in [1.82, 2.24) is 16.1 Å². The minimum Gasteiger partial charge on any atom is -0.492 e. The summed E-state index contributed by atoms with van der Waals surface area (Å²) in [6, 6.07) is -1.16. The van der Waals surface area contributed by atoms with Crippen LogP contribution in [0.3, 0.4) is 0 Å². The Labute approximate surface area is 566 Å². The number of alkyl carbamates (subject to hydrolysis) is 1. The Morgan fingerprint density at radius 2 is 1.59 bits per heavy atom. The number of hydrogen-bond donors (Lipinski definition) is 7. The monoisotopic (exact) mass is 1460 g/mol. The normalized spacial score (nSPS) is 36.8. The third kappa shape index (κ3) is 16.4. The highest BCUT2D eigenvalue weighted by atomic mass is 127. The Morgan fingerprint density at radius 3 is 2.21 bits per heavy atom. The number of allylic oxidation sites excluding steroid dienone is 3. The van der Waals surface area contributed by atoms with Gasteiger partial charge in [0.1, 0.15) is 36.6 Å². The summed E-state index contributed by atoms with van der Waals surface area (Å²) in [6.45, 7) is 16.0. The molecular formula is C65H96IN3O20S3. The summed E-state index contributed by atoms with van der Waals surface area (Å²) in [5.74, 6) is 1.45. The van der Waals surface area contributed by atoms with Gasteiger partial charge >= 0.3 is 6.09 Å². The molecule has 4 aliphatic carbocycles. The number of carbonyl (C=O) groups is 3. The standard InChI is InChI=1S/C65H96IN3O20S3/c1-13-42(47-38-25-24-37(91-92-60(35-19-17-20-35)36-21-18-22-36)23-15-16-26-65(38,7)29-41(71)50(47)68-64(76)81-12)86-63-57(87-44-28-43(77-8)39(30-82-44)67-14-2)52(73)49(32(4)84-63)69-89-45-27-40(70)59(34(6)83-45)90-61(75)46-31(3)48(66)55(58(80-11)54(46)78-9)88-62-53(74)56(79-10)51(72)33(5)85-62/h13,15,23,25,32-37,39-40,42-45,49,51-53,56-57,59-60,62-63,67,69-70,72-74H,1,14,16-22,24,26-30H2,2-12H3,(H,68,76)/b23-15-,38-25+/t32-,33+,34-,37?,39+,40+,42+,43+,44+,45+,49-,51+,52+,53-,56-,57-,59-,62+,63+,65-/m1/s1. The van der Waals surface area contributed by atoms with Crippen molar-refractivity contribution in [2.75, 3.05) is 48.7 Å². The van der Waals surface area contributed by atoms with Gasteiger partial charge in [-0.1, -0.05) is 84.3 Å². The Balaban J connectivity index is 0.929. The number of hydrogen-bond acceptors (Lipinski definition) is 25. The highest BCUT2D eigenvalue weighted by Crippen LogP contribution is 2.54. The number of benzene rings is 1. The number of carbonyl (C=O) groups excluding carboxylic acids is 3. The molecule has 4 aliphatic heterocycles. The first-order valence-electron chi connectivity index (χ1n) is 32.2. The number of amides is 1. The maximum atomic E-state index is 14.6. The molecule has 7 N–H and O–H groups in total. The zero-order chi connectivity index (χ0) is 66.3.